The van der Waals surface area contributed by atoms with Crippen LogP contribution in [0.1, 0.15) is 12.5 Å². The Kier molecular flexibility index (Phi) is 6.92. The van der Waals surface area contributed by atoms with Gasteiger partial charge in [0.2, 0.25) is 0 Å². The van der Waals surface area contributed by atoms with Gasteiger partial charge >= 0.3 is 0 Å². The third kappa shape index (κ3) is 5.13. The van der Waals surface area contributed by atoms with Crippen LogP contribution in [0.15, 0.2) is 52.1 Å². The van der Waals surface area contributed by atoms with Crippen molar-refractivity contribution in [2.75, 3.05) is 44.7 Å². The first-order valence-electron chi connectivity index (χ1n) is 9.23. The molecule has 2 aromatic rings. The lowest BCUT2D eigenvalue weighted by atomic mass is 10.2. The highest BCUT2D eigenvalue weighted by Crippen LogP contribution is 2.25. The first-order chi connectivity index (χ1) is 13.2. The van der Waals surface area contributed by atoms with Gasteiger partial charge < -0.3 is 19.9 Å². The maximum Gasteiger partial charge on any atom is 0.194 e. The van der Waals surface area contributed by atoms with E-state index >= 15 is 0 Å². The number of anilines is 1. The number of ether oxygens (including phenoxy) is 1. The Morgan fingerprint density at radius 3 is 2.67 bits per heavy atom. The topological polar surface area (TPSA) is 53.0 Å². The van der Waals surface area contributed by atoms with Gasteiger partial charge in [0, 0.05) is 38.9 Å². The zero-order chi connectivity index (χ0) is 19.1. The van der Waals surface area contributed by atoms with Gasteiger partial charge in [0.1, 0.15) is 11.6 Å². The fourth-order valence-electron chi connectivity index (χ4n) is 3.09. The molecule has 7 heteroatoms. The molecular weight excluding hydrogens is 406 g/mol. The lowest BCUT2D eigenvalue weighted by molar-refractivity contribution is 0.371. The van der Waals surface area contributed by atoms with Gasteiger partial charge in [-0.25, -0.2) is 9.98 Å². The minimum absolute atomic E-state index is 0.630. The largest absolute Gasteiger partial charge is 0.496 e. The lowest BCUT2D eigenvalue weighted by Crippen LogP contribution is -2.52. The smallest absolute Gasteiger partial charge is 0.194 e. The van der Waals surface area contributed by atoms with Gasteiger partial charge in [0.15, 0.2) is 5.96 Å². The van der Waals surface area contributed by atoms with Crippen molar-refractivity contribution in [1.82, 2.24) is 15.2 Å². The van der Waals surface area contributed by atoms with Crippen LogP contribution < -0.4 is 15.0 Å². The second-order valence-corrected chi connectivity index (χ2v) is 7.16. The number of pyridine rings is 1. The van der Waals surface area contributed by atoms with Crippen LogP contribution in [-0.4, -0.2) is 55.7 Å². The summed E-state index contributed by atoms with van der Waals surface area (Å²) in [7, 11) is 1.67. The van der Waals surface area contributed by atoms with Crippen molar-refractivity contribution in [3.63, 3.8) is 0 Å². The SMILES string of the molecule is CCNC(=NCc1ccc(OC)c(Br)c1)N1CCN(c2ccccn2)CC1. The summed E-state index contributed by atoms with van der Waals surface area (Å²) in [5.41, 5.74) is 1.14. The summed E-state index contributed by atoms with van der Waals surface area (Å²) in [5, 5.41) is 3.42. The first kappa shape index (κ1) is 19.5. The molecule has 3 rings (SSSR count). The minimum Gasteiger partial charge on any atom is -0.496 e. The van der Waals surface area contributed by atoms with Gasteiger partial charge in [-0.2, -0.15) is 0 Å². The van der Waals surface area contributed by atoms with Crippen LogP contribution in [0.2, 0.25) is 0 Å². The number of hydrogen-bond acceptors (Lipinski definition) is 4. The normalized spacial score (nSPS) is 15.0. The molecule has 1 aromatic heterocycles. The summed E-state index contributed by atoms with van der Waals surface area (Å²) >= 11 is 3.54. The van der Waals surface area contributed by atoms with Crippen molar-refractivity contribution >= 4 is 27.7 Å². The standard InChI is InChI=1S/C20H26BrN5O/c1-3-22-20(24-15-16-7-8-18(27-2)17(21)14-16)26-12-10-25(11-13-26)19-6-4-5-9-23-19/h4-9,14H,3,10-13,15H2,1-2H3,(H,22,24). The number of hydrogen-bond donors (Lipinski definition) is 1. The van der Waals surface area contributed by atoms with Crippen LogP contribution in [0.25, 0.3) is 0 Å². The summed E-state index contributed by atoms with van der Waals surface area (Å²) in [6.07, 6.45) is 1.85. The molecule has 0 amide bonds. The molecule has 0 radical (unpaired) electrons. The number of nitrogens with zero attached hydrogens (tertiary/aromatic N) is 4. The molecule has 0 spiro atoms. The zero-order valence-electron chi connectivity index (χ0n) is 15.9. The molecule has 1 saturated heterocycles. The van der Waals surface area contributed by atoms with Gasteiger partial charge in [-0.05, 0) is 52.7 Å². The van der Waals surface area contributed by atoms with E-state index in [0.29, 0.717) is 6.54 Å². The Bertz CT molecular complexity index is 760. The third-order valence-corrected chi connectivity index (χ3v) is 5.13. The summed E-state index contributed by atoms with van der Waals surface area (Å²) in [5.74, 6) is 2.84. The molecule has 27 heavy (non-hydrogen) atoms. The molecule has 0 aliphatic carbocycles. The van der Waals surface area contributed by atoms with Gasteiger partial charge in [0.25, 0.3) is 0 Å². The average Bonchev–Trinajstić information content (AvgIpc) is 2.72. The second-order valence-electron chi connectivity index (χ2n) is 6.30. The quantitative estimate of drug-likeness (QED) is 0.581. The van der Waals surface area contributed by atoms with Crippen molar-refractivity contribution in [3.05, 3.63) is 52.6 Å². The molecule has 0 unspecified atom stereocenters. The Labute approximate surface area is 169 Å². The highest BCUT2D eigenvalue weighted by molar-refractivity contribution is 9.10. The maximum absolute atomic E-state index is 5.29. The molecular formula is C20H26BrN5O. The summed E-state index contributed by atoms with van der Waals surface area (Å²) in [6, 6.07) is 12.1. The fourth-order valence-corrected chi connectivity index (χ4v) is 3.68. The van der Waals surface area contributed by atoms with E-state index < -0.39 is 0 Å². The van der Waals surface area contributed by atoms with E-state index in [9.17, 15) is 0 Å². The Hall–Kier alpha value is -2.28. The number of halogens is 1. The van der Waals surface area contributed by atoms with E-state index in [1.54, 1.807) is 7.11 Å². The molecule has 2 heterocycles. The zero-order valence-corrected chi connectivity index (χ0v) is 17.4. The molecule has 1 aliphatic rings. The van der Waals surface area contributed by atoms with E-state index in [-0.39, 0.29) is 0 Å². The number of piperazine rings is 1. The molecule has 1 aromatic carbocycles. The third-order valence-electron chi connectivity index (χ3n) is 4.51. The second kappa shape index (κ2) is 9.60. The summed E-state index contributed by atoms with van der Waals surface area (Å²) < 4.78 is 6.24. The molecule has 0 atom stereocenters. The molecule has 6 nitrogen and oxygen atoms in total. The van der Waals surface area contributed by atoms with Crippen molar-refractivity contribution < 1.29 is 4.74 Å². The number of aliphatic imine (C=N–C) groups is 1. The van der Waals surface area contributed by atoms with Crippen molar-refractivity contribution in [2.45, 2.75) is 13.5 Å². The molecule has 1 aliphatic heterocycles. The highest BCUT2D eigenvalue weighted by atomic mass is 79.9. The van der Waals surface area contributed by atoms with Crippen molar-refractivity contribution in [2.24, 2.45) is 4.99 Å². The van der Waals surface area contributed by atoms with E-state index in [1.807, 2.05) is 24.4 Å². The van der Waals surface area contributed by atoms with Crippen LogP contribution in [-0.2, 0) is 6.54 Å². The van der Waals surface area contributed by atoms with Crippen LogP contribution in [0.3, 0.4) is 0 Å². The Balaban J connectivity index is 1.63. The lowest BCUT2D eigenvalue weighted by Gasteiger charge is -2.37. The van der Waals surface area contributed by atoms with Gasteiger partial charge in [-0.15, -0.1) is 0 Å². The number of nitrogens with one attached hydrogen (secondary N) is 1. The van der Waals surface area contributed by atoms with Crippen LogP contribution in [0.5, 0.6) is 5.75 Å². The summed E-state index contributed by atoms with van der Waals surface area (Å²) in [4.78, 5) is 13.9. The van der Waals surface area contributed by atoms with Gasteiger partial charge in [-0.1, -0.05) is 12.1 Å². The van der Waals surface area contributed by atoms with E-state index in [1.165, 1.54) is 0 Å². The van der Waals surface area contributed by atoms with Crippen LogP contribution >= 0.6 is 15.9 Å². The van der Waals surface area contributed by atoms with E-state index in [4.69, 9.17) is 9.73 Å². The Morgan fingerprint density at radius 1 is 1.22 bits per heavy atom. The van der Waals surface area contributed by atoms with Crippen LogP contribution in [0.4, 0.5) is 5.82 Å². The molecule has 1 N–H and O–H groups in total. The number of aromatic nitrogens is 1. The first-order valence-corrected chi connectivity index (χ1v) is 10.0. The maximum atomic E-state index is 5.29. The molecule has 0 bridgehead atoms. The predicted octanol–water partition coefficient (Wildman–Crippen LogP) is 3.14. The monoisotopic (exact) mass is 431 g/mol. The van der Waals surface area contributed by atoms with Gasteiger partial charge in [0.05, 0.1) is 18.1 Å². The Morgan fingerprint density at radius 2 is 2.04 bits per heavy atom. The minimum atomic E-state index is 0.630. The number of guanidine groups is 1. The summed E-state index contributed by atoms with van der Waals surface area (Å²) in [6.45, 7) is 7.31. The van der Waals surface area contributed by atoms with Crippen molar-refractivity contribution in [3.8, 4) is 5.75 Å². The van der Waals surface area contributed by atoms with Crippen molar-refractivity contribution in [1.29, 1.82) is 0 Å². The fraction of sp³-hybridized carbons (Fsp3) is 0.400. The highest BCUT2D eigenvalue weighted by Gasteiger charge is 2.20. The van der Waals surface area contributed by atoms with Crippen LogP contribution in [0, 0.1) is 0 Å². The van der Waals surface area contributed by atoms with Gasteiger partial charge in [-0.3, -0.25) is 0 Å². The average molecular weight is 432 g/mol. The number of rotatable bonds is 5. The molecule has 144 valence electrons. The predicted molar refractivity (Wildman–Crippen MR) is 114 cm³/mol. The van der Waals surface area contributed by atoms with E-state index in [0.717, 1.165) is 60.3 Å². The molecule has 1 fully saturated rings. The van der Waals surface area contributed by atoms with E-state index in [2.05, 4.69) is 61.2 Å². The molecule has 0 saturated carbocycles. The number of benzene rings is 1. The number of methoxy groups -OCH3 is 1.